The molecule has 182 valence electrons. The Balaban J connectivity index is 1.12. The van der Waals surface area contributed by atoms with Crippen LogP contribution < -0.4 is 20.1 Å². The number of anilines is 2. The zero-order chi connectivity index (χ0) is 25.1. The van der Waals surface area contributed by atoms with Gasteiger partial charge in [-0.2, -0.15) is 0 Å². The molecule has 3 aromatic rings. The SMILES string of the molecule is O=C(CC1Sc2ccccc2NC1=O)Nc1ccc(C(=O)OCC(=O)c2ccc3c(c2)OCO3)cc1. The van der Waals surface area contributed by atoms with Crippen molar-refractivity contribution in [2.75, 3.05) is 24.0 Å². The molecule has 5 rings (SSSR count). The van der Waals surface area contributed by atoms with Gasteiger partial charge in [0.05, 0.1) is 16.5 Å². The molecule has 0 bridgehead atoms. The van der Waals surface area contributed by atoms with Crippen LogP contribution in [-0.4, -0.2) is 42.2 Å². The van der Waals surface area contributed by atoms with Gasteiger partial charge in [0, 0.05) is 22.6 Å². The Morgan fingerprint density at radius 1 is 0.972 bits per heavy atom. The van der Waals surface area contributed by atoms with E-state index in [1.54, 1.807) is 30.3 Å². The van der Waals surface area contributed by atoms with Crippen molar-refractivity contribution in [3.8, 4) is 11.5 Å². The molecule has 3 aromatic carbocycles. The van der Waals surface area contributed by atoms with E-state index < -0.39 is 17.8 Å². The average molecular weight is 505 g/mol. The highest BCUT2D eigenvalue weighted by atomic mass is 32.2. The molecule has 36 heavy (non-hydrogen) atoms. The summed E-state index contributed by atoms with van der Waals surface area (Å²) in [6.07, 6.45) is -0.00338. The van der Waals surface area contributed by atoms with Crippen molar-refractivity contribution < 1.29 is 33.4 Å². The second kappa shape index (κ2) is 10.1. The Hall–Kier alpha value is -4.31. The molecule has 0 aliphatic carbocycles. The number of thioether (sulfide) groups is 1. The molecule has 0 radical (unpaired) electrons. The van der Waals surface area contributed by atoms with Crippen LogP contribution in [0.2, 0.25) is 0 Å². The molecule has 2 heterocycles. The lowest BCUT2D eigenvalue weighted by molar-refractivity contribution is -0.120. The lowest BCUT2D eigenvalue weighted by Crippen LogP contribution is -2.32. The van der Waals surface area contributed by atoms with E-state index in [1.807, 2.05) is 24.3 Å². The predicted molar refractivity (Wildman–Crippen MR) is 132 cm³/mol. The first-order chi connectivity index (χ1) is 17.5. The second-order valence-corrected chi connectivity index (χ2v) is 9.23. The fourth-order valence-corrected chi connectivity index (χ4v) is 4.78. The van der Waals surface area contributed by atoms with Gasteiger partial charge in [0.15, 0.2) is 23.9 Å². The first kappa shape index (κ1) is 23.4. The van der Waals surface area contributed by atoms with Crippen LogP contribution in [0.25, 0.3) is 0 Å². The van der Waals surface area contributed by atoms with Gasteiger partial charge in [-0.25, -0.2) is 4.79 Å². The summed E-state index contributed by atoms with van der Waals surface area (Å²) >= 11 is 1.35. The molecule has 1 unspecified atom stereocenters. The number of para-hydroxylation sites is 1. The molecule has 0 spiro atoms. The first-order valence-corrected chi connectivity index (χ1v) is 11.9. The Kier molecular flexibility index (Phi) is 6.59. The van der Waals surface area contributed by atoms with Crippen LogP contribution in [0.5, 0.6) is 11.5 Å². The minimum absolute atomic E-state index is 0.00338. The molecule has 0 aromatic heterocycles. The van der Waals surface area contributed by atoms with Crippen LogP contribution >= 0.6 is 11.8 Å². The summed E-state index contributed by atoms with van der Waals surface area (Å²) in [5, 5.41) is 5.00. The van der Waals surface area contributed by atoms with Gasteiger partial charge in [0.25, 0.3) is 0 Å². The quantitative estimate of drug-likeness (QED) is 0.367. The average Bonchev–Trinajstić information content (AvgIpc) is 3.36. The maximum Gasteiger partial charge on any atom is 0.338 e. The van der Waals surface area contributed by atoms with Crippen molar-refractivity contribution in [3.05, 3.63) is 77.9 Å². The predicted octanol–water partition coefficient (Wildman–Crippen LogP) is 3.90. The lowest BCUT2D eigenvalue weighted by atomic mass is 10.1. The molecule has 2 N–H and O–H groups in total. The van der Waals surface area contributed by atoms with Crippen LogP contribution in [0, 0.1) is 0 Å². The molecule has 0 fully saturated rings. The first-order valence-electron chi connectivity index (χ1n) is 11.0. The highest BCUT2D eigenvalue weighted by Crippen LogP contribution is 2.36. The van der Waals surface area contributed by atoms with Gasteiger partial charge >= 0.3 is 5.97 Å². The zero-order valence-electron chi connectivity index (χ0n) is 18.8. The number of carbonyl (C=O) groups is 4. The van der Waals surface area contributed by atoms with Crippen LogP contribution in [0.1, 0.15) is 27.1 Å². The third-order valence-electron chi connectivity index (χ3n) is 5.51. The van der Waals surface area contributed by atoms with E-state index in [-0.39, 0.29) is 36.4 Å². The number of rotatable bonds is 7. The Morgan fingerprint density at radius 3 is 2.56 bits per heavy atom. The van der Waals surface area contributed by atoms with Gasteiger partial charge in [0.1, 0.15) is 0 Å². The van der Waals surface area contributed by atoms with Crippen molar-refractivity contribution in [1.29, 1.82) is 0 Å². The number of hydrogen-bond acceptors (Lipinski definition) is 8. The monoisotopic (exact) mass is 504 g/mol. The van der Waals surface area contributed by atoms with E-state index in [2.05, 4.69) is 10.6 Å². The lowest BCUT2D eigenvalue weighted by Gasteiger charge is -2.23. The highest BCUT2D eigenvalue weighted by Gasteiger charge is 2.28. The van der Waals surface area contributed by atoms with Crippen LogP contribution in [0.4, 0.5) is 11.4 Å². The van der Waals surface area contributed by atoms with Crippen molar-refractivity contribution in [3.63, 3.8) is 0 Å². The number of ether oxygens (including phenoxy) is 3. The molecule has 0 saturated carbocycles. The number of hydrogen-bond donors (Lipinski definition) is 2. The van der Waals surface area contributed by atoms with E-state index in [0.717, 1.165) is 10.6 Å². The molecule has 9 nitrogen and oxygen atoms in total. The Bertz CT molecular complexity index is 1360. The maximum absolute atomic E-state index is 12.5. The second-order valence-electron chi connectivity index (χ2n) is 7.99. The molecular formula is C26H20N2O7S. The van der Waals surface area contributed by atoms with Crippen molar-refractivity contribution in [1.82, 2.24) is 0 Å². The maximum atomic E-state index is 12.5. The van der Waals surface area contributed by atoms with Crippen molar-refractivity contribution in [2.24, 2.45) is 0 Å². The summed E-state index contributed by atoms with van der Waals surface area (Å²) in [5.74, 6) is -0.568. The number of Topliss-reactive ketones (excluding diaryl/α,β-unsaturated/α-hetero) is 1. The summed E-state index contributed by atoms with van der Waals surface area (Å²) in [6.45, 7) is -0.330. The van der Waals surface area contributed by atoms with Crippen LogP contribution in [0.15, 0.2) is 71.6 Å². The molecule has 2 aliphatic heterocycles. The van der Waals surface area contributed by atoms with Gasteiger partial charge in [-0.3, -0.25) is 14.4 Å². The van der Waals surface area contributed by atoms with E-state index in [1.165, 1.54) is 23.9 Å². The van der Waals surface area contributed by atoms with Crippen LogP contribution in [0.3, 0.4) is 0 Å². The fraction of sp³-hybridized carbons (Fsp3) is 0.154. The van der Waals surface area contributed by atoms with E-state index in [4.69, 9.17) is 14.2 Å². The third kappa shape index (κ3) is 5.18. The van der Waals surface area contributed by atoms with Gasteiger partial charge in [-0.05, 0) is 54.6 Å². The number of fused-ring (bicyclic) bond motifs is 2. The van der Waals surface area contributed by atoms with Gasteiger partial charge < -0.3 is 24.8 Å². The summed E-state index contributed by atoms with van der Waals surface area (Å²) in [6, 6.07) is 18.3. The minimum atomic E-state index is -0.670. The number of ketones is 1. The van der Waals surface area contributed by atoms with Crippen molar-refractivity contribution in [2.45, 2.75) is 16.6 Å². The molecule has 1 atom stereocenters. The highest BCUT2D eigenvalue weighted by molar-refractivity contribution is 8.01. The zero-order valence-corrected chi connectivity index (χ0v) is 19.6. The number of esters is 1. The summed E-state index contributed by atoms with van der Waals surface area (Å²) < 4.78 is 15.6. The Labute approximate surface area is 210 Å². The molecule has 2 aliphatic rings. The molecule has 0 saturated heterocycles. The Morgan fingerprint density at radius 2 is 1.72 bits per heavy atom. The summed E-state index contributed by atoms with van der Waals surface area (Å²) in [4.78, 5) is 50.4. The van der Waals surface area contributed by atoms with Crippen molar-refractivity contribution >= 4 is 46.7 Å². The number of amides is 2. The van der Waals surface area contributed by atoms with Gasteiger partial charge in [-0.1, -0.05) is 12.1 Å². The fourth-order valence-electron chi connectivity index (χ4n) is 3.66. The van der Waals surface area contributed by atoms with Gasteiger partial charge in [-0.15, -0.1) is 11.8 Å². The normalized spacial score (nSPS) is 15.4. The summed E-state index contributed by atoms with van der Waals surface area (Å²) in [7, 11) is 0. The smallest absolute Gasteiger partial charge is 0.338 e. The van der Waals surface area contributed by atoms with Gasteiger partial charge in [0.2, 0.25) is 18.6 Å². The molecular weight excluding hydrogens is 484 g/mol. The molecule has 10 heteroatoms. The standard InChI is InChI=1S/C26H20N2O7S/c29-19(16-7-10-20-21(11-16)35-14-34-20)13-33-26(32)15-5-8-17(9-6-15)27-24(30)12-23-25(31)28-18-3-1-2-4-22(18)36-23/h1-11,23H,12-14H2,(H,27,30)(H,28,31). The molecule has 2 amide bonds. The number of nitrogens with one attached hydrogen (secondary N) is 2. The topological polar surface area (TPSA) is 120 Å². The van der Waals surface area contributed by atoms with E-state index in [0.29, 0.717) is 22.7 Å². The summed E-state index contributed by atoms with van der Waals surface area (Å²) in [5.41, 5.74) is 1.78. The third-order valence-corrected chi connectivity index (χ3v) is 6.79. The largest absolute Gasteiger partial charge is 0.454 e. The van der Waals surface area contributed by atoms with E-state index >= 15 is 0 Å². The van der Waals surface area contributed by atoms with E-state index in [9.17, 15) is 19.2 Å². The number of benzene rings is 3. The minimum Gasteiger partial charge on any atom is -0.454 e. The number of carbonyl (C=O) groups excluding carboxylic acids is 4. The van der Waals surface area contributed by atoms with Crippen LogP contribution in [-0.2, 0) is 14.3 Å².